The number of fused-ring (bicyclic) bond motifs is 2. The summed E-state index contributed by atoms with van der Waals surface area (Å²) in [5.74, 6) is 3.32. The lowest BCUT2D eigenvalue weighted by Gasteiger charge is -2.32. The molecule has 2 aromatic carbocycles. The number of nitrogens with zero attached hydrogens (tertiary/aromatic N) is 4. The normalized spacial score (nSPS) is 23.3. The van der Waals surface area contributed by atoms with Crippen molar-refractivity contribution in [3.05, 3.63) is 36.4 Å². The minimum Gasteiger partial charge on any atom is -0.493 e. The van der Waals surface area contributed by atoms with Gasteiger partial charge in [0.2, 0.25) is 5.91 Å². The summed E-state index contributed by atoms with van der Waals surface area (Å²) in [7, 11) is 5.97. The third-order valence-corrected chi connectivity index (χ3v) is 9.48. The molecule has 4 N–H and O–H groups in total. The molecule has 1 aliphatic carbocycles. The molecule has 3 unspecified atom stereocenters. The molecule has 0 spiro atoms. The number of benzene rings is 2. The summed E-state index contributed by atoms with van der Waals surface area (Å²) in [6.45, 7) is 6.57. The minimum atomic E-state index is 0.00226. The van der Waals surface area contributed by atoms with Crippen LogP contribution in [0.1, 0.15) is 45.4 Å². The zero-order valence-electron chi connectivity index (χ0n) is 27.1. The lowest BCUT2D eigenvalue weighted by atomic mass is 9.83. The number of likely N-dealkylation sites (tertiary alicyclic amines) is 1. The Labute approximate surface area is 266 Å². The molecule has 2 saturated heterocycles. The number of carbonyl (C=O) groups excluding carboxylic acids is 1. The van der Waals surface area contributed by atoms with Crippen LogP contribution in [0.3, 0.4) is 0 Å². The SMILES string of the molecule is CCCC(=O)Nc1cccc(-c2nc(NC3CCC4NNCC4C3)c3cc(OCCN4CC[C@H](N(C)C)C4)c(OC)cc3n2)c1. The number of hydrogen-bond acceptors (Lipinski definition) is 10. The van der Waals surface area contributed by atoms with E-state index in [1.54, 1.807) is 7.11 Å². The van der Waals surface area contributed by atoms with Crippen LogP contribution in [0.15, 0.2) is 36.4 Å². The Balaban J connectivity index is 1.29. The lowest BCUT2D eigenvalue weighted by Crippen LogP contribution is -2.39. The van der Waals surface area contributed by atoms with Crippen molar-refractivity contribution in [3.8, 4) is 22.9 Å². The average molecular weight is 617 g/mol. The molecule has 11 heteroatoms. The number of ether oxygens (including phenoxy) is 2. The molecule has 0 bridgehead atoms. The fourth-order valence-corrected chi connectivity index (χ4v) is 6.88. The average Bonchev–Trinajstić information content (AvgIpc) is 3.71. The summed E-state index contributed by atoms with van der Waals surface area (Å²) in [5.41, 5.74) is 9.11. The molecule has 1 saturated carbocycles. The van der Waals surface area contributed by atoms with Gasteiger partial charge in [0.05, 0.1) is 12.6 Å². The summed E-state index contributed by atoms with van der Waals surface area (Å²) >= 11 is 0. The standard InChI is InChI=1S/C34H48N8O3/c1-5-7-32(43)36-24-9-6-8-22(16-24)33-38-29-19-30(44-4)31(45-15-14-42-13-12-26(21-42)41(2)3)18-27(29)34(39-33)37-25-10-11-28-23(17-25)20-35-40-28/h6,8-9,16,18-19,23,25-26,28,35,40H,5,7,10-15,17,20-21H2,1-4H3,(H,36,43)(H,37,38,39)/t23?,25?,26-,28?/m0/s1. The molecular formula is C34H48N8O3. The first kappa shape index (κ1) is 31.5. The maximum absolute atomic E-state index is 12.3. The first-order valence-electron chi connectivity index (χ1n) is 16.5. The number of methoxy groups -OCH3 is 1. The molecule has 3 aromatic rings. The van der Waals surface area contributed by atoms with E-state index >= 15 is 0 Å². The van der Waals surface area contributed by atoms with Crippen LogP contribution in [-0.2, 0) is 4.79 Å². The second kappa shape index (κ2) is 14.3. The molecule has 45 heavy (non-hydrogen) atoms. The molecule has 3 aliphatic rings. The van der Waals surface area contributed by atoms with Crippen molar-refractivity contribution >= 4 is 28.3 Å². The van der Waals surface area contributed by atoms with Crippen molar-refractivity contribution < 1.29 is 14.3 Å². The maximum Gasteiger partial charge on any atom is 0.224 e. The Morgan fingerprint density at radius 2 is 2.02 bits per heavy atom. The predicted molar refractivity (Wildman–Crippen MR) is 179 cm³/mol. The van der Waals surface area contributed by atoms with Crippen molar-refractivity contribution in [3.63, 3.8) is 0 Å². The molecule has 2 aliphatic heterocycles. The van der Waals surface area contributed by atoms with Crippen molar-refractivity contribution in [2.75, 3.05) is 64.6 Å². The third kappa shape index (κ3) is 7.49. The maximum atomic E-state index is 12.3. The van der Waals surface area contributed by atoms with Crippen LogP contribution in [0.4, 0.5) is 11.5 Å². The quantitative estimate of drug-likeness (QED) is 0.237. The Bertz CT molecular complexity index is 1480. The van der Waals surface area contributed by atoms with Gasteiger partial charge < -0.3 is 25.0 Å². The summed E-state index contributed by atoms with van der Waals surface area (Å²) in [6.07, 6.45) is 5.69. The molecule has 6 rings (SSSR count). The van der Waals surface area contributed by atoms with Gasteiger partial charge in [-0.3, -0.25) is 20.5 Å². The number of hydrogen-bond donors (Lipinski definition) is 4. The highest BCUT2D eigenvalue weighted by atomic mass is 16.5. The number of amides is 1. The van der Waals surface area contributed by atoms with Crippen molar-refractivity contribution in [1.29, 1.82) is 0 Å². The number of carbonyl (C=O) groups is 1. The second-order valence-corrected chi connectivity index (χ2v) is 12.9. The topological polar surface area (TPSA) is 116 Å². The summed E-state index contributed by atoms with van der Waals surface area (Å²) < 4.78 is 12.2. The van der Waals surface area contributed by atoms with Gasteiger partial charge in [0, 0.05) is 66.9 Å². The third-order valence-electron chi connectivity index (χ3n) is 9.48. The lowest BCUT2D eigenvalue weighted by molar-refractivity contribution is -0.116. The van der Waals surface area contributed by atoms with Crippen LogP contribution < -0.4 is 31.0 Å². The van der Waals surface area contributed by atoms with E-state index in [1.807, 2.05) is 43.3 Å². The monoisotopic (exact) mass is 616 g/mol. The van der Waals surface area contributed by atoms with E-state index in [4.69, 9.17) is 19.4 Å². The van der Waals surface area contributed by atoms with Gasteiger partial charge in [-0.2, -0.15) is 0 Å². The Kier molecular flexibility index (Phi) is 9.99. The highest BCUT2D eigenvalue weighted by molar-refractivity contribution is 5.94. The van der Waals surface area contributed by atoms with Gasteiger partial charge in [0.15, 0.2) is 17.3 Å². The number of rotatable bonds is 12. The first-order chi connectivity index (χ1) is 21.9. The van der Waals surface area contributed by atoms with Crippen molar-refractivity contribution in [1.82, 2.24) is 30.6 Å². The highest BCUT2D eigenvalue weighted by Crippen LogP contribution is 2.37. The zero-order chi connectivity index (χ0) is 31.3. The van der Waals surface area contributed by atoms with E-state index in [2.05, 4.69) is 45.4 Å². The van der Waals surface area contributed by atoms with Gasteiger partial charge in [0.25, 0.3) is 0 Å². The molecule has 242 valence electrons. The molecule has 11 nitrogen and oxygen atoms in total. The van der Waals surface area contributed by atoms with E-state index in [9.17, 15) is 4.79 Å². The number of hydrazine groups is 1. The largest absolute Gasteiger partial charge is 0.493 e. The van der Waals surface area contributed by atoms with Crippen LogP contribution in [0.2, 0.25) is 0 Å². The van der Waals surface area contributed by atoms with Crippen LogP contribution in [0.25, 0.3) is 22.3 Å². The van der Waals surface area contributed by atoms with E-state index in [0.29, 0.717) is 54.4 Å². The Morgan fingerprint density at radius 3 is 2.82 bits per heavy atom. The van der Waals surface area contributed by atoms with E-state index in [0.717, 1.165) is 79.8 Å². The molecule has 3 heterocycles. The fourth-order valence-electron chi connectivity index (χ4n) is 6.88. The Morgan fingerprint density at radius 1 is 1.13 bits per heavy atom. The van der Waals surface area contributed by atoms with Crippen LogP contribution in [0, 0.1) is 5.92 Å². The second-order valence-electron chi connectivity index (χ2n) is 12.9. The van der Waals surface area contributed by atoms with Crippen LogP contribution in [-0.4, -0.2) is 97.8 Å². The molecule has 4 atom stereocenters. The predicted octanol–water partition coefficient (Wildman–Crippen LogP) is 4.12. The summed E-state index contributed by atoms with van der Waals surface area (Å²) in [4.78, 5) is 27.1. The van der Waals surface area contributed by atoms with Crippen molar-refractivity contribution in [2.45, 2.75) is 63.6 Å². The van der Waals surface area contributed by atoms with Crippen LogP contribution in [0.5, 0.6) is 11.5 Å². The van der Waals surface area contributed by atoms with Crippen molar-refractivity contribution in [2.24, 2.45) is 5.92 Å². The molecule has 1 aromatic heterocycles. The van der Waals surface area contributed by atoms with Gasteiger partial charge in [-0.05, 0) is 76.9 Å². The highest BCUT2D eigenvalue weighted by Gasteiger charge is 2.34. The number of aromatic nitrogens is 2. The minimum absolute atomic E-state index is 0.00226. The van der Waals surface area contributed by atoms with Crippen LogP contribution >= 0.6 is 0 Å². The van der Waals surface area contributed by atoms with Gasteiger partial charge in [0.1, 0.15) is 12.4 Å². The number of likely N-dealkylation sites (N-methyl/N-ethyl adjacent to an activating group) is 1. The fraction of sp³-hybridized carbons (Fsp3) is 0.559. The van der Waals surface area contributed by atoms with Gasteiger partial charge in [-0.15, -0.1) is 0 Å². The zero-order valence-corrected chi connectivity index (χ0v) is 27.1. The van der Waals surface area contributed by atoms with Gasteiger partial charge >= 0.3 is 0 Å². The smallest absolute Gasteiger partial charge is 0.224 e. The summed E-state index contributed by atoms with van der Waals surface area (Å²) in [5, 5.41) is 7.71. The molecular weight excluding hydrogens is 568 g/mol. The van der Waals surface area contributed by atoms with E-state index < -0.39 is 0 Å². The first-order valence-corrected chi connectivity index (χ1v) is 16.5. The molecule has 1 amide bonds. The van der Waals surface area contributed by atoms with E-state index in [-0.39, 0.29) is 5.91 Å². The van der Waals surface area contributed by atoms with Gasteiger partial charge in [-0.25, -0.2) is 9.97 Å². The number of anilines is 2. The summed E-state index contributed by atoms with van der Waals surface area (Å²) in [6, 6.07) is 13.1. The molecule has 0 radical (unpaired) electrons. The molecule has 3 fully saturated rings. The van der Waals surface area contributed by atoms with E-state index in [1.165, 1.54) is 6.42 Å². The number of nitrogens with one attached hydrogen (secondary N) is 4. The van der Waals surface area contributed by atoms with Gasteiger partial charge in [-0.1, -0.05) is 19.1 Å². The Hall–Kier alpha value is -3.51.